The van der Waals surface area contributed by atoms with E-state index in [-0.39, 0.29) is 6.10 Å². The van der Waals surface area contributed by atoms with Gasteiger partial charge in [-0.3, -0.25) is 0 Å². The fraction of sp³-hybridized carbons (Fsp3) is 1.00. The van der Waals surface area contributed by atoms with Gasteiger partial charge in [0.2, 0.25) is 0 Å². The molecule has 0 amide bonds. The molecule has 1 atom stereocenters. The predicted molar refractivity (Wildman–Crippen MR) is 77.4 cm³/mol. The number of hydrogen-bond donors (Lipinski definition) is 1. The molecule has 2 fully saturated rings. The molecule has 19 heavy (non-hydrogen) atoms. The van der Waals surface area contributed by atoms with Gasteiger partial charge < -0.3 is 19.6 Å². The second-order valence-electron chi connectivity index (χ2n) is 5.99. The Labute approximate surface area is 117 Å². The van der Waals surface area contributed by atoms with Crippen LogP contribution in [0.4, 0.5) is 0 Å². The van der Waals surface area contributed by atoms with Gasteiger partial charge in [0, 0.05) is 13.1 Å². The van der Waals surface area contributed by atoms with E-state index in [4.69, 9.17) is 4.74 Å². The van der Waals surface area contributed by atoms with Crippen molar-refractivity contribution in [1.82, 2.24) is 9.80 Å². The summed E-state index contributed by atoms with van der Waals surface area (Å²) in [6, 6.07) is 0. The van der Waals surface area contributed by atoms with E-state index in [9.17, 15) is 5.11 Å². The van der Waals surface area contributed by atoms with Gasteiger partial charge in [0.1, 0.15) is 0 Å². The minimum atomic E-state index is -0.320. The van der Waals surface area contributed by atoms with Crippen molar-refractivity contribution in [1.29, 1.82) is 0 Å². The Morgan fingerprint density at radius 2 is 1.42 bits per heavy atom. The van der Waals surface area contributed by atoms with Crippen LogP contribution in [-0.2, 0) is 4.74 Å². The summed E-state index contributed by atoms with van der Waals surface area (Å²) in [7, 11) is 0. The standard InChI is InChI=1S/C15H30N2O2/c18-15(13-17-9-5-2-6-10-17)14-19-12-11-16-7-3-1-4-8-16/h15,18H,1-14H2/t15-/m1/s1. The van der Waals surface area contributed by atoms with Crippen molar-refractivity contribution in [2.24, 2.45) is 0 Å². The fourth-order valence-corrected chi connectivity index (χ4v) is 3.09. The highest BCUT2D eigenvalue weighted by molar-refractivity contribution is 4.69. The van der Waals surface area contributed by atoms with Gasteiger partial charge in [0.15, 0.2) is 0 Å². The molecule has 0 saturated carbocycles. The summed E-state index contributed by atoms with van der Waals surface area (Å²) in [5.41, 5.74) is 0. The van der Waals surface area contributed by atoms with Crippen LogP contribution in [0.25, 0.3) is 0 Å². The molecule has 2 aliphatic rings. The maximum atomic E-state index is 9.96. The van der Waals surface area contributed by atoms with Crippen LogP contribution in [0.1, 0.15) is 38.5 Å². The van der Waals surface area contributed by atoms with Gasteiger partial charge in [-0.2, -0.15) is 0 Å². The summed E-state index contributed by atoms with van der Waals surface area (Å²) in [6.45, 7) is 7.79. The van der Waals surface area contributed by atoms with Gasteiger partial charge in [-0.05, 0) is 51.9 Å². The van der Waals surface area contributed by atoms with Gasteiger partial charge in [-0.15, -0.1) is 0 Å². The summed E-state index contributed by atoms with van der Waals surface area (Å²) < 4.78 is 5.62. The predicted octanol–water partition coefficient (Wildman–Crippen LogP) is 1.34. The smallest absolute Gasteiger partial charge is 0.0900 e. The first-order valence-electron chi connectivity index (χ1n) is 8.05. The topological polar surface area (TPSA) is 35.9 Å². The quantitative estimate of drug-likeness (QED) is 0.708. The molecule has 112 valence electrons. The van der Waals surface area contributed by atoms with Crippen molar-refractivity contribution in [3.8, 4) is 0 Å². The third kappa shape index (κ3) is 6.21. The lowest BCUT2D eigenvalue weighted by Crippen LogP contribution is -2.38. The van der Waals surface area contributed by atoms with E-state index in [2.05, 4.69) is 9.80 Å². The number of aliphatic hydroxyl groups excluding tert-OH is 1. The molecule has 0 unspecified atom stereocenters. The van der Waals surface area contributed by atoms with Gasteiger partial charge in [0.25, 0.3) is 0 Å². The van der Waals surface area contributed by atoms with Crippen molar-refractivity contribution in [2.45, 2.75) is 44.6 Å². The van der Waals surface area contributed by atoms with Crippen LogP contribution in [0.2, 0.25) is 0 Å². The van der Waals surface area contributed by atoms with E-state index in [0.29, 0.717) is 6.61 Å². The Morgan fingerprint density at radius 3 is 2.05 bits per heavy atom. The van der Waals surface area contributed by atoms with Crippen molar-refractivity contribution in [3.05, 3.63) is 0 Å². The van der Waals surface area contributed by atoms with E-state index < -0.39 is 0 Å². The second-order valence-corrected chi connectivity index (χ2v) is 5.99. The molecule has 0 aromatic heterocycles. The molecule has 2 heterocycles. The summed E-state index contributed by atoms with van der Waals surface area (Å²) in [5, 5.41) is 9.96. The molecule has 0 aromatic rings. The maximum Gasteiger partial charge on any atom is 0.0900 e. The molecule has 1 N–H and O–H groups in total. The molecule has 0 spiro atoms. The summed E-state index contributed by atoms with van der Waals surface area (Å²) in [6.07, 6.45) is 7.63. The van der Waals surface area contributed by atoms with Gasteiger partial charge in [0.05, 0.1) is 19.3 Å². The number of rotatable bonds is 7. The number of aliphatic hydroxyl groups is 1. The second kappa shape index (κ2) is 8.90. The Balaban J connectivity index is 1.47. The van der Waals surface area contributed by atoms with Crippen LogP contribution in [0.15, 0.2) is 0 Å². The average Bonchev–Trinajstić information content (AvgIpc) is 2.46. The first-order chi connectivity index (χ1) is 9.34. The van der Waals surface area contributed by atoms with Crippen molar-refractivity contribution in [2.75, 3.05) is 52.5 Å². The lowest BCUT2D eigenvalue weighted by atomic mass is 10.1. The molecule has 2 saturated heterocycles. The molecule has 4 nitrogen and oxygen atoms in total. The van der Waals surface area contributed by atoms with Crippen LogP contribution in [0.3, 0.4) is 0 Å². The lowest BCUT2D eigenvalue weighted by Gasteiger charge is -2.29. The number of ether oxygens (including phenoxy) is 1. The van der Waals surface area contributed by atoms with Gasteiger partial charge in [-0.1, -0.05) is 12.8 Å². The SMILES string of the molecule is O[C@@H](COCCN1CCCCC1)CN1CCCCC1. The monoisotopic (exact) mass is 270 g/mol. The first kappa shape index (κ1) is 15.2. The fourth-order valence-electron chi connectivity index (χ4n) is 3.09. The van der Waals surface area contributed by atoms with Crippen LogP contribution in [0, 0.1) is 0 Å². The Morgan fingerprint density at radius 1 is 0.842 bits per heavy atom. The van der Waals surface area contributed by atoms with Crippen molar-refractivity contribution in [3.63, 3.8) is 0 Å². The molecule has 0 radical (unpaired) electrons. The molecule has 0 aliphatic carbocycles. The number of nitrogens with zero attached hydrogens (tertiary/aromatic N) is 2. The van der Waals surface area contributed by atoms with E-state index >= 15 is 0 Å². The Bertz CT molecular complexity index is 226. The maximum absolute atomic E-state index is 9.96. The average molecular weight is 270 g/mol. The highest BCUT2D eigenvalue weighted by atomic mass is 16.5. The molecule has 2 aliphatic heterocycles. The largest absolute Gasteiger partial charge is 0.389 e. The van der Waals surface area contributed by atoms with Crippen LogP contribution in [0.5, 0.6) is 0 Å². The van der Waals surface area contributed by atoms with Crippen LogP contribution >= 0.6 is 0 Å². The Kier molecular flexibility index (Phi) is 7.14. The number of β-amino-alcohol motifs (C(OH)–C–C–N with tert-alkyl or cyclic N) is 1. The van der Waals surface area contributed by atoms with Crippen molar-refractivity contribution < 1.29 is 9.84 Å². The third-order valence-electron chi connectivity index (χ3n) is 4.23. The number of piperidine rings is 2. The molecule has 0 bridgehead atoms. The molecule has 4 heteroatoms. The molecular formula is C15H30N2O2. The van der Waals surface area contributed by atoms with E-state index in [0.717, 1.165) is 32.8 Å². The highest BCUT2D eigenvalue weighted by Gasteiger charge is 2.15. The number of hydrogen-bond acceptors (Lipinski definition) is 4. The van der Waals surface area contributed by atoms with Crippen LogP contribution < -0.4 is 0 Å². The molecular weight excluding hydrogens is 240 g/mol. The normalized spacial score (nSPS) is 24.5. The van der Waals surface area contributed by atoms with Crippen LogP contribution in [-0.4, -0.2) is 73.5 Å². The summed E-state index contributed by atoms with van der Waals surface area (Å²) in [5.74, 6) is 0. The number of likely N-dealkylation sites (tertiary alicyclic amines) is 2. The van der Waals surface area contributed by atoms with Gasteiger partial charge >= 0.3 is 0 Å². The van der Waals surface area contributed by atoms with E-state index in [1.807, 2.05) is 0 Å². The Hall–Kier alpha value is -0.160. The zero-order valence-electron chi connectivity index (χ0n) is 12.2. The summed E-state index contributed by atoms with van der Waals surface area (Å²) >= 11 is 0. The lowest BCUT2D eigenvalue weighted by molar-refractivity contribution is 0.00601. The van der Waals surface area contributed by atoms with Crippen molar-refractivity contribution >= 4 is 0 Å². The molecule has 2 rings (SSSR count). The van der Waals surface area contributed by atoms with E-state index in [1.54, 1.807) is 0 Å². The van der Waals surface area contributed by atoms with Gasteiger partial charge in [-0.25, -0.2) is 0 Å². The highest BCUT2D eigenvalue weighted by Crippen LogP contribution is 2.09. The zero-order valence-corrected chi connectivity index (χ0v) is 12.2. The minimum absolute atomic E-state index is 0.320. The first-order valence-corrected chi connectivity index (χ1v) is 8.05. The third-order valence-corrected chi connectivity index (χ3v) is 4.23. The minimum Gasteiger partial charge on any atom is -0.389 e. The molecule has 0 aromatic carbocycles. The van der Waals surface area contributed by atoms with E-state index in [1.165, 1.54) is 51.6 Å². The summed E-state index contributed by atoms with van der Waals surface area (Å²) in [4.78, 5) is 4.84. The zero-order chi connectivity index (χ0) is 13.3.